The van der Waals surface area contributed by atoms with Crippen molar-refractivity contribution < 1.29 is 5.11 Å². The molecule has 2 N–H and O–H groups in total. The molecule has 0 saturated heterocycles. The van der Waals surface area contributed by atoms with Crippen LogP contribution in [0.15, 0.2) is 59.4 Å². The van der Waals surface area contributed by atoms with Gasteiger partial charge in [-0.3, -0.25) is 4.79 Å². The van der Waals surface area contributed by atoms with Crippen molar-refractivity contribution in [2.45, 2.75) is 0 Å². The van der Waals surface area contributed by atoms with Gasteiger partial charge in [0.25, 0.3) is 5.56 Å². The van der Waals surface area contributed by atoms with Crippen LogP contribution < -0.4 is 5.56 Å². The van der Waals surface area contributed by atoms with Crippen molar-refractivity contribution in [1.82, 2.24) is 9.97 Å². The van der Waals surface area contributed by atoms with Gasteiger partial charge in [-0.2, -0.15) is 0 Å². The number of aliphatic hydroxyl groups is 1. The molecule has 0 radical (unpaired) electrons. The second kappa shape index (κ2) is 5.73. The molecule has 0 atom stereocenters. The summed E-state index contributed by atoms with van der Waals surface area (Å²) in [5.74, 6) is 0. The van der Waals surface area contributed by atoms with Crippen molar-refractivity contribution in [3.8, 4) is 0 Å². The van der Waals surface area contributed by atoms with Crippen LogP contribution in [-0.4, -0.2) is 21.7 Å². The number of hydrogen-bond donors (Lipinski definition) is 2. The number of nitrogens with one attached hydrogen (secondary N) is 1. The second-order valence-electron chi connectivity index (χ2n) is 4.67. The molecule has 0 amide bonds. The van der Waals surface area contributed by atoms with E-state index in [4.69, 9.17) is 0 Å². The summed E-state index contributed by atoms with van der Waals surface area (Å²) >= 11 is 0. The SMILES string of the molecule is O=c1[nH]c2ccccc2nc1C(=Cc1ccccc1)CO. The van der Waals surface area contributed by atoms with Crippen LogP contribution in [0.1, 0.15) is 11.3 Å². The van der Waals surface area contributed by atoms with Gasteiger partial charge in [-0.25, -0.2) is 4.98 Å². The van der Waals surface area contributed by atoms with Crippen LogP contribution in [0.3, 0.4) is 0 Å². The standard InChI is InChI=1S/C17H14N2O2/c20-11-13(10-12-6-2-1-3-7-12)16-17(21)19-15-9-5-4-8-14(15)18-16/h1-10,20H,11H2,(H,19,21). The molecular formula is C17H14N2O2. The fraction of sp³-hybridized carbons (Fsp3) is 0.0588. The van der Waals surface area contributed by atoms with Crippen LogP contribution in [0.4, 0.5) is 0 Å². The Morgan fingerprint density at radius 1 is 1.10 bits per heavy atom. The molecule has 3 aromatic rings. The number of benzene rings is 2. The third-order valence-electron chi connectivity index (χ3n) is 3.21. The molecule has 21 heavy (non-hydrogen) atoms. The first-order chi connectivity index (χ1) is 10.3. The molecule has 4 nitrogen and oxygen atoms in total. The summed E-state index contributed by atoms with van der Waals surface area (Å²) in [4.78, 5) is 19.3. The minimum absolute atomic E-state index is 0.247. The molecule has 3 rings (SSSR count). The van der Waals surface area contributed by atoms with Crippen molar-refractivity contribution in [3.05, 3.63) is 76.2 Å². The molecule has 0 fully saturated rings. The van der Waals surface area contributed by atoms with E-state index in [0.717, 1.165) is 5.56 Å². The maximum atomic E-state index is 12.2. The lowest BCUT2D eigenvalue weighted by molar-refractivity contribution is 0.350. The van der Waals surface area contributed by atoms with Crippen LogP contribution >= 0.6 is 0 Å². The van der Waals surface area contributed by atoms with Gasteiger partial charge in [0.2, 0.25) is 0 Å². The second-order valence-corrected chi connectivity index (χ2v) is 4.67. The average Bonchev–Trinajstić information content (AvgIpc) is 2.53. The molecule has 0 aliphatic rings. The topological polar surface area (TPSA) is 66.0 Å². The monoisotopic (exact) mass is 278 g/mol. The van der Waals surface area contributed by atoms with Gasteiger partial charge in [-0.1, -0.05) is 42.5 Å². The van der Waals surface area contributed by atoms with Crippen molar-refractivity contribution in [2.24, 2.45) is 0 Å². The predicted octanol–water partition coefficient (Wildman–Crippen LogP) is 2.46. The normalized spacial score (nSPS) is 11.8. The van der Waals surface area contributed by atoms with Crippen LogP contribution in [0.2, 0.25) is 0 Å². The Balaban J connectivity index is 2.15. The Morgan fingerprint density at radius 2 is 1.81 bits per heavy atom. The Labute approximate surface area is 121 Å². The average molecular weight is 278 g/mol. The summed E-state index contributed by atoms with van der Waals surface area (Å²) in [6, 6.07) is 16.9. The van der Waals surface area contributed by atoms with E-state index >= 15 is 0 Å². The molecule has 0 unspecified atom stereocenters. The van der Waals surface area contributed by atoms with E-state index in [1.165, 1.54) is 0 Å². The van der Waals surface area contributed by atoms with E-state index in [2.05, 4.69) is 9.97 Å². The first kappa shape index (κ1) is 13.3. The van der Waals surface area contributed by atoms with Crippen molar-refractivity contribution in [1.29, 1.82) is 0 Å². The van der Waals surface area contributed by atoms with E-state index < -0.39 is 0 Å². The highest BCUT2D eigenvalue weighted by Crippen LogP contribution is 2.15. The number of fused-ring (bicyclic) bond motifs is 1. The largest absolute Gasteiger partial charge is 0.392 e. The van der Waals surface area contributed by atoms with Gasteiger partial charge >= 0.3 is 0 Å². The number of para-hydroxylation sites is 2. The summed E-state index contributed by atoms with van der Waals surface area (Å²) in [5.41, 5.74) is 2.73. The number of aromatic amines is 1. The van der Waals surface area contributed by atoms with E-state index in [9.17, 15) is 9.90 Å². The molecule has 2 aromatic carbocycles. The van der Waals surface area contributed by atoms with Gasteiger partial charge in [0, 0.05) is 5.57 Å². The van der Waals surface area contributed by atoms with Gasteiger partial charge in [-0.05, 0) is 23.8 Å². The molecule has 104 valence electrons. The summed E-state index contributed by atoms with van der Waals surface area (Å²) in [6.07, 6.45) is 1.77. The first-order valence-corrected chi connectivity index (χ1v) is 6.64. The molecule has 0 aliphatic heterocycles. The zero-order chi connectivity index (χ0) is 14.7. The fourth-order valence-electron chi connectivity index (χ4n) is 2.19. The van der Waals surface area contributed by atoms with Gasteiger partial charge in [-0.15, -0.1) is 0 Å². The number of H-pyrrole nitrogens is 1. The van der Waals surface area contributed by atoms with Gasteiger partial charge in [0.15, 0.2) is 0 Å². The van der Waals surface area contributed by atoms with Gasteiger partial charge in [0.05, 0.1) is 17.6 Å². The van der Waals surface area contributed by atoms with E-state index in [1.807, 2.05) is 48.5 Å². The van der Waals surface area contributed by atoms with Crippen LogP contribution in [0, 0.1) is 0 Å². The lowest BCUT2D eigenvalue weighted by atomic mass is 10.1. The smallest absolute Gasteiger partial charge is 0.274 e. The zero-order valence-corrected chi connectivity index (χ0v) is 11.3. The van der Waals surface area contributed by atoms with Gasteiger partial charge < -0.3 is 10.1 Å². The summed E-state index contributed by atoms with van der Waals surface area (Å²) in [7, 11) is 0. The molecule has 1 aromatic heterocycles. The summed E-state index contributed by atoms with van der Waals surface area (Å²) in [5, 5.41) is 9.58. The number of rotatable bonds is 3. The van der Waals surface area contributed by atoms with Crippen molar-refractivity contribution in [2.75, 3.05) is 6.61 Å². The van der Waals surface area contributed by atoms with Crippen LogP contribution in [0.5, 0.6) is 0 Å². The lowest BCUT2D eigenvalue weighted by Crippen LogP contribution is -2.15. The first-order valence-electron chi connectivity index (χ1n) is 6.64. The maximum absolute atomic E-state index is 12.2. The third-order valence-corrected chi connectivity index (χ3v) is 3.21. The van der Waals surface area contributed by atoms with E-state index in [0.29, 0.717) is 16.6 Å². The highest BCUT2D eigenvalue weighted by molar-refractivity contribution is 5.83. The number of aromatic nitrogens is 2. The highest BCUT2D eigenvalue weighted by Gasteiger charge is 2.09. The Morgan fingerprint density at radius 3 is 2.57 bits per heavy atom. The van der Waals surface area contributed by atoms with Crippen molar-refractivity contribution >= 4 is 22.7 Å². The highest BCUT2D eigenvalue weighted by atomic mass is 16.3. The van der Waals surface area contributed by atoms with Gasteiger partial charge in [0.1, 0.15) is 5.69 Å². The van der Waals surface area contributed by atoms with Crippen LogP contribution in [-0.2, 0) is 0 Å². The number of nitrogens with zero attached hydrogens (tertiary/aromatic N) is 1. The molecule has 1 heterocycles. The van der Waals surface area contributed by atoms with E-state index in [-0.39, 0.29) is 17.9 Å². The molecule has 4 heteroatoms. The molecule has 0 aliphatic carbocycles. The summed E-state index contributed by atoms with van der Waals surface area (Å²) in [6.45, 7) is -0.247. The molecular weight excluding hydrogens is 264 g/mol. The quantitative estimate of drug-likeness (QED) is 0.773. The zero-order valence-electron chi connectivity index (χ0n) is 11.3. The maximum Gasteiger partial charge on any atom is 0.274 e. The fourth-order valence-corrected chi connectivity index (χ4v) is 2.19. The minimum Gasteiger partial charge on any atom is -0.392 e. The molecule has 0 bridgehead atoms. The Hall–Kier alpha value is -2.72. The lowest BCUT2D eigenvalue weighted by Gasteiger charge is -2.05. The molecule has 0 spiro atoms. The van der Waals surface area contributed by atoms with Crippen molar-refractivity contribution in [3.63, 3.8) is 0 Å². The summed E-state index contributed by atoms with van der Waals surface area (Å²) < 4.78 is 0. The Kier molecular flexibility index (Phi) is 3.62. The van der Waals surface area contributed by atoms with E-state index in [1.54, 1.807) is 12.1 Å². The van der Waals surface area contributed by atoms with Crippen LogP contribution in [0.25, 0.3) is 22.7 Å². The molecule has 0 saturated carbocycles. The number of aliphatic hydroxyl groups excluding tert-OH is 1. The predicted molar refractivity (Wildman–Crippen MR) is 83.8 cm³/mol. The third kappa shape index (κ3) is 2.75. The minimum atomic E-state index is -0.301. The number of hydrogen-bond acceptors (Lipinski definition) is 3. The Bertz CT molecular complexity index is 851.